The Morgan fingerprint density at radius 1 is 0.318 bits per heavy atom. The monoisotopic (exact) mass is 1140 g/mol. The zero-order valence-electron chi connectivity index (χ0n) is 46.2. The molecule has 14 rings (SSSR count). The number of aromatic hydroxyl groups is 1. The van der Waals surface area contributed by atoms with Crippen molar-refractivity contribution in [2.75, 3.05) is 0 Å². The normalized spacial score (nSPS) is 11.3. The van der Waals surface area contributed by atoms with E-state index in [2.05, 4.69) is 223 Å². The number of para-hydroxylation sites is 4. The first-order valence-electron chi connectivity index (χ1n) is 28.1. The molecular weight excluding hydrogens is 1090 g/mol. The third-order valence-electron chi connectivity index (χ3n) is 15.6. The second-order valence-corrected chi connectivity index (χ2v) is 21.2. The van der Waals surface area contributed by atoms with Gasteiger partial charge in [-0.3, -0.25) is 0 Å². The summed E-state index contributed by atoms with van der Waals surface area (Å²) in [4.78, 5) is 0. The Morgan fingerprint density at radius 3 is 0.976 bits per heavy atom. The summed E-state index contributed by atoms with van der Waals surface area (Å²) in [7, 11) is 0. The number of phenols is 1. The van der Waals surface area contributed by atoms with Gasteiger partial charge >= 0.3 is 0 Å². The van der Waals surface area contributed by atoms with Gasteiger partial charge in [-0.2, -0.15) is 0 Å². The lowest BCUT2D eigenvalue weighted by atomic mass is 9.65. The number of rotatable bonds is 12. The molecule has 0 radical (unpaired) electrons. The summed E-state index contributed by atoms with van der Waals surface area (Å²) < 4.78 is 25.0. The maximum absolute atomic E-state index is 14.6. The van der Waals surface area contributed by atoms with E-state index in [0.717, 1.165) is 55.5 Å². The molecule has 2 aromatic heterocycles. The van der Waals surface area contributed by atoms with Crippen molar-refractivity contribution < 1.29 is 14.2 Å². The van der Waals surface area contributed by atoms with Gasteiger partial charge in [-0.05, 0) is 105 Å². The van der Waals surface area contributed by atoms with Crippen molar-refractivity contribution in [3.05, 3.63) is 400 Å². The van der Waals surface area contributed by atoms with E-state index in [1.807, 2.05) is 89.5 Å². The fourth-order valence-electron chi connectivity index (χ4n) is 11.9. The average molecular weight is 1140 g/mol. The summed E-state index contributed by atoms with van der Waals surface area (Å²) in [5.41, 5.74) is 11.6. The number of phenolic OH excluding ortho intramolecular Hbond substituents is 1. The Morgan fingerprint density at radius 2 is 0.624 bits per heavy atom. The highest BCUT2D eigenvalue weighted by Crippen LogP contribution is 2.51. The van der Waals surface area contributed by atoms with E-state index < -0.39 is 16.6 Å². The van der Waals surface area contributed by atoms with E-state index >= 15 is 0 Å². The summed E-state index contributed by atoms with van der Waals surface area (Å²) in [6.07, 6.45) is 4.38. The highest BCUT2D eigenvalue weighted by Gasteiger charge is 2.42. The molecule has 7 heteroatoms. The van der Waals surface area contributed by atoms with E-state index in [1.54, 1.807) is 30.3 Å². The number of aromatic nitrogens is 2. The average Bonchev–Trinajstić information content (AvgIpc) is 3.88. The molecule has 85 heavy (non-hydrogen) atoms. The van der Waals surface area contributed by atoms with Crippen LogP contribution in [0.2, 0.25) is 10.0 Å². The number of hydrogen-bond donors (Lipinski definition) is 1. The van der Waals surface area contributed by atoms with Crippen molar-refractivity contribution in [1.29, 1.82) is 0 Å². The highest BCUT2D eigenvalue weighted by molar-refractivity contribution is 6.34. The summed E-state index contributed by atoms with van der Waals surface area (Å²) in [6, 6.07) is 110. The van der Waals surface area contributed by atoms with Crippen molar-refractivity contribution >= 4 is 45.0 Å². The topological polar surface area (TPSA) is 39.3 Å². The second kappa shape index (κ2) is 25.1. The van der Waals surface area contributed by atoms with Gasteiger partial charge in [-0.15, -0.1) is 0 Å². The van der Waals surface area contributed by atoms with Crippen LogP contribution in [-0.2, 0) is 10.8 Å². The van der Waals surface area contributed by atoms with Gasteiger partial charge in [0, 0.05) is 23.2 Å². The molecule has 0 bridgehead atoms. The number of benzene rings is 12. The fourth-order valence-corrected chi connectivity index (χ4v) is 12.4. The minimum atomic E-state index is -0.617. The zero-order valence-corrected chi connectivity index (χ0v) is 47.7. The van der Waals surface area contributed by atoms with Crippen molar-refractivity contribution in [2.45, 2.75) is 10.8 Å². The number of ether oxygens (including phenoxy) is 1. The van der Waals surface area contributed by atoms with E-state index in [4.69, 9.17) is 33.0 Å². The maximum atomic E-state index is 14.6. The molecular formula is C78H57Cl2FN2O2. The van der Waals surface area contributed by atoms with Crippen LogP contribution in [-0.4, -0.2) is 14.2 Å². The number of hydrogen-bond acceptors (Lipinski definition) is 2. The first-order chi connectivity index (χ1) is 41.9. The van der Waals surface area contributed by atoms with E-state index in [9.17, 15) is 4.39 Å². The molecule has 1 N–H and O–H groups in total. The Balaban J connectivity index is 0.000000151. The maximum Gasteiger partial charge on any atom is 0.148 e. The van der Waals surface area contributed by atoms with Crippen LogP contribution in [0.25, 0.3) is 33.2 Å². The molecule has 2 heterocycles. The molecule has 0 aliphatic heterocycles. The molecule has 0 aliphatic carbocycles. The Kier molecular flexibility index (Phi) is 16.4. The minimum Gasteiger partial charge on any atom is -0.508 e. The van der Waals surface area contributed by atoms with Crippen molar-refractivity contribution in [3.63, 3.8) is 0 Å². The lowest BCUT2D eigenvalue weighted by Crippen LogP contribution is -2.30. The summed E-state index contributed by atoms with van der Waals surface area (Å²) in [6.45, 7) is 0. The van der Waals surface area contributed by atoms with Crippen LogP contribution in [0.15, 0.2) is 340 Å². The van der Waals surface area contributed by atoms with Gasteiger partial charge in [0.1, 0.15) is 33.1 Å². The molecule has 12 aromatic carbocycles. The molecule has 412 valence electrons. The molecule has 4 nitrogen and oxygen atoms in total. The molecule has 0 amide bonds. The first-order valence-corrected chi connectivity index (χ1v) is 28.9. The van der Waals surface area contributed by atoms with Crippen LogP contribution in [0.1, 0.15) is 44.5 Å². The Hall–Kier alpha value is -10.2. The molecule has 0 spiro atoms. The van der Waals surface area contributed by atoms with Crippen LogP contribution < -0.4 is 4.74 Å². The lowest BCUT2D eigenvalue weighted by molar-refractivity contribution is 0.475. The van der Waals surface area contributed by atoms with Gasteiger partial charge < -0.3 is 19.0 Å². The van der Waals surface area contributed by atoms with E-state index in [0.29, 0.717) is 22.2 Å². The Labute approximate surface area is 505 Å². The van der Waals surface area contributed by atoms with Gasteiger partial charge in [-0.1, -0.05) is 290 Å². The van der Waals surface area contributed by atoms with Gasteiger partial charge in [0.2, 0.25) is 0 Å². The second-order valence-electron chi connectivity index (χ2n) is 20.5. The van der Waals surface area contributed by atoms with E-state index in [1.165, 1.54) is 28.3 Å². The summed E-state index contributed by atoms with van der Waals surface area (Å²) in [5, 5.41) is 11.5. The van der Waals surface area contributed by atoms with Gasteiger partial charge in [0.25, 0.3) is 0 Å². The van der Waals surface area contributed by atoms with Crippen LogP contribution in [0.5, 0.6) is 17.2 Å². The molecule has 0 aliphatic rings. The largest absolute Gasteiger partial charge is 0.508 e. The van der Waals surface area contributed by atoms with Crippen LogP contribution in [0.4, 0.5) is 4.39 Å². The predicted octanol–water partition coefficient (Wildman–Crippen LogP) is 20.7. The van der Waals surface area contributed by atoms with Crippen molar-refractivity contribution in [1.82, 2.24) is 9.13 Å². The zero-order chi connectivity index (χ0) is 58.0. The lowest BCUT2D eigenvalue weighted by Gasteiger charge is -2.36. The van der Waals surface area contributed by atoms with Crippen LogP contribution >= 0.6 is 23.2 Å². The van der Waals surface area contributed by atoms with Gasteiger partial charge in [0.05, 0.1) is 33.2 Å². The summed E-state index contributed by atoms with van der Waals surface area (Å²) in [5.74, 6) is 1.24. The first kappa shape index (κ1) is 55.4. The quantitative estimate of drug-likeness (QED) is 0.124. The van der Waals surface area contributed by atoms with Gasteiger partial charge in [-0.25, -0.2) is 4.39 Å². The molecule has 0 unspecified atom stereocenters. The number of halogens is 3. The Bertz CT molecular complexity index is 4280. The predicted molar refractivity (Wildman–Crippen MR) is 348 cm³/mol. The fraction of sp³-hybridized carbons (Fsp3) is 0.0256. The SMILES string of the molecule is Clc1c(Oc2ccccc2)cccc1-n1cc(C(c2ccccc2)(c2ccccc2)c2ccccc2)c2ccccc21.Fc1cccc(-n2cc(C(c3ccccc3)(c3ccccc3)c3ccccc3)c3ccccc32)c1Cl.Oc1ccccc1. The number of fused-ring (bicyclic) bond motifs is 2. The van der Waals surface area contributed by atoms with Gasteiger partial charge in [0.15, 0.2) is 0 Å². The molecule has 0 atom stereocenters. The number of nitrogens with zero attached hydrogens (tertiary/aromatic N) is 2. The molecule has 0 saturated heterocycles. The molecule has 0 fully saturated rings. The minimum absolute atomic E-state index is 0.106. The van der Waals surface area contributed by atoms with Crippen LogP contribution in [0.3, 0.4) is 0 Å². The van der Waals surface area contributed by atoms with Crippen LogP contribution in [0, 0.1) is 5.82 Å². The molecule has 14 aromatic rings. The highest BCUT2D eigenvalue weighted by atomic mass is 35.5. The third kappa shape index (κ3) is 10.8. The van der Waals surface area contributed by atoms with Crippen molar-refractivity contribution in [3.8, 4) is 28.6 Å². The smallest absolute Gasteiger partial charge is 0.148 e. The summed E-state index contributed by atoms with van der Waals surface area (Å²) >= 11 is 13.6. The van der Waals surface area contributed by atoms with Crippen molar-refractivity contribution in [2.24, 2.45) is 0 Å². The standard InChI is InChI=1S/C39H28ClNO.C33H23ClFN.C6H6O/c40-38-36(26-15-27-37(38)42-32-22-11-4-12-23-32)41-28-34(33-24-13-14-25-35(33)41)39(29-16-5-1-6-17-29,30-18-7-2-8-19-30)31-20-9-3-10-21-31;34-32-29(35)20-12-22-31(32)36-23-28(27-19-10-11-21-30(27)36)33(24-13-4-1-5-14-24,25-15-6-2-7-16-25)26-17-8-3-9-18-26;7-6-4-2-1-3-5-6/h1-28H;1-23H;1-5,7H. The van der Waals surface area contributed by atoms with E-state index in [-0.39, 0.29) is 5.02 Å². The third-order valence-corrected chi connectivity index (χ3v) is 16.3. The molecule has 0 saturated carbocycles.